The molecule has 3 saturated carbocycles. The van der Waals surface area contributed by atoms with Crippen molar-refractivity contribution in [1.82, 2.24) is 21.3 Å². The van der Waals surface area contributed by atoms with E-state index in [2.05, 4.69) is 82.0 Å². The molecule has 0 aromatic heterocycles. The van der Waals surface area contributed by atoms with Gasteiger partial charge in [0.2, 0.25) is 0 Å². The van der Waals surface area contributed by atoms with Gasteiger partial charge in [0.1, 0.15) is 5.78 Å². The van der Waals surface area contributed by atoms with Crippen molar-refractivity contribution in [3.63, 3.8) is 0 Å². The number of fused-ring (bicyclic) bond motifs is 3. The second kappa shape index (κ2) is 24.6. The third kappa shape index (κ3) is 13.3. The highest BCUT2D eigenvalue weighted by atomic mass is 16.6. The van der Waals surface area contributed by atoms with Crippen LogP contribution in [0.25, 0.3) is 5.57 Å². The molecular formula is C61H81N5O7. The Morgan fingerprint density at radius 1 is 0.945 bits per heavy atom. The number of aromatic hydroxyl groups is 1. The Hall–Kier alpha value is -4.92. The fourth-order valence-electron chi connectivity index (χ4n) is 14.4. The standard InChI is InChI=1S/C61H81N5O7/c1-39(69)34-65-51-28-50-17-15-43(31-61(50,32-51)33-56-54-18-20-63-35-48(54)23-45-11-6-19-64-60(45)56)22-52(70)29-53(71)25-49(37-67)55-30-58(73-38-68)57(72)26-46(55)24-47-36-66-59(62)27-44(47)16-14-42-10-5-9-41(21-42)13-12-40-7-3-2-4-8-40/h2-11,21,25-27,30,36,39,43,45,48,50-51,54,56,59-60,63-69,72H,12-20,22-24,28-29,31-35,37-38,62H2,1H3/b49-25+/t39-,43+,45-,48-,50+,51+,54+,56+,59?,60+,61+/m0/s1. The number of ketones is 2. The quantitative estimate of drug-likeness (QED) is 0.0217. The minimum atomic E-state index is -0.679. The highest BCUT2D eigenvalue weighted by Crippen LogP contribution is 2.60. The summed E-state index contributed by atoms with van der Waals surface area (Å²) in [6.07, 6.45) is 21.8. The van der Waals surface area contributed by atoms with Crippen LogP contribution in [0.4, 0.5) is 0 Å². The van der Waals surface area contributed by atoms with Gasteiger partial charge in [-0.15, -0.1) is 0 Å². The molecule has 12 heteroatoms. The smallest absolute Gasteiger partial charge is 0.186 e. The van der Waals surface area contributed by atoms with Gasteiger partial charge in [-0.3, -0.25) is 9.59 Å². The molecule has 73 heavy (non-hydrogen) atoms. The van der Waals surface area contributed by atoms with Crippen molar-refractivity contribution in [1.29, 1.82) is 0 Å². The van der Waals surface area contributed by atoms with Gasteiger partial charge in [0.15, 0.2) is 24.1 Å². The molecule has 0 bridgehead atoms. The van der Waals surface area contributed by atoms with Gasteiger partial charge in [-0.05, 0) is 213 Å². The largest absolute Gasteiger partial charge is 0.504 e. The third-order valence-electron chi connectivity index (χ3n) is 17.6. The summed E-state index contributed by atoms with van der Waals surface area (Å²) >= 11 is 0. The fourth-order valence-corrected chi connectivity index (χ4v) is 14.4. The average molecular weight is 996 g/mol. The summed E-state index contributed by atoms with van der Waals surface area (Å²) in [4.78, 5) is 28.1. The Balaban J connectivity index is 0.884. The van der Waals surface area contributed by atoms with Crippen LogP contribution in [0.15, 0.2) is 108 Å². The Kier molecular flexibility index (Phi) is 17.8. The molecule has 0 radical (unpaired) electrons. The molecule has 1 saturated heterocycles. The van der Waals surface area contributed by atoms with Crippen LogP contribution in [0.1, 0.15) is 105 Å². The number of nitrogens with two attached hydrogens (primary N) is 1. The molecule has 3 aromatic rings. The molecule has 0 amide bonds. The lowest BCUT2D eigenvalue weighted by molar-refractivity contribution is -0.126. The summed E-state index contributed by atoms with van der Waals surface area (Å²) in [6, 6.07) is 23.1. The van der Waals surface area contributed by atoms with Crippen LogP contribution < -0.4 is 31.7 Å². The summed E-state index contributed by atoms with van der Waals surface area (Å²) in [5.41, 5.74) is 13.7. The first kappa shape index (κ1) is 52.9. The van der Waals surface area contributed by atoms with Gasteiger partial charge in [0.05, 0.1) is 25.3 Å². The molecule has 9 rings (SSSR count). The summed E-state index contributed by atoms with van der Waals surface area (Å²) in [7, 11) is 0. The van der Waals surface area contributed by atoms with Gasteiger partial charge in [-0.1, -0.05) is 66.7 Å². The molecule has 0 spiro atoms. The number of phenolic OH excluding ortho intramolecular Hbond substituents is 1. The van der Waals surface area contributed by atoms with Gasteiger partial charge in [0.25, 0.3) is 0 Å². The number of benzene rings is 3. The number of carbonyl (C=O) groups is 2. The Bertz CT molecular complexity index is 2500. The molecule has 1 unspecified atom stereocenters. The SMILES string of the molecule is C[C@H](O)CN[C@@H]1C[C@H]2CC[C@H](CC(=O)CC(=O)/C=C(\CO)c3cc(OCO)c(O)cc3CC3=CNC(N)C=C3CCc3cccc(CCc4ccccc4)c3)C[C@]2(C[C@@H]2[C@@H]3CCNC[C@@H]3C[C@@H]3C=CCN[C@@H]23)C1. The van der Waals surface area contributed by atoms with Crippen molar-refractivity contribution in [3.8, 4) is 11.5 Å². The number of aliphatic hydroxyl groups excluding tert-OH is 3. The molecule has 3 heterocycles. The van der Waals surface area contributed by atoms with Gasteiger partial charge in [-0.2, -0.15) is 0 Å². The normalized spacial score (nSPS) is 29.2. The highest BCUT2D eigenvalue weighted by Gasteiger charge is 2.55. The monoisotopic (exact) mass is 996 g/mol. The number of carbonyl (C=O) groups excluding carboxylic acids is 2. The lowest BCUT2D eigenvalue weighted by atomic mass is 9.54. The minimum Gasteiger partial charge on any atom is -0.504 e. The Labute approximate surface area is 433 Å². The molecule has 12 nitrogen and oxygen atoms in total. The predicted octanol–water partition coefficient (Wildman–Crippen LogP) is 6.99. The first-order valence-electron chi connectivity index (χ1n) is 27.5. The van der Waals surface area contributed by atoms with Crippen LogP contribution in [0, 0.1) is 40.9 Å². The van der Waals surface area contributed by atoms with Gasteiger partial charge >= 0.3 is 0 Å². The summed E-state index contributed by atoms with van der Waals surface area (Å²) in [6.45, 7) is 4.32. The third-order valence-corrected chi connectivity index (χ3v) is 17.6. The number of hydrogen-bond donors (Lipinski definition) is 9. The van der Waals surface area contributed by atoms with Gasteiger partial charge in [-0.25, -0.2) is 0 Å². The molecular weight excluding hydrogens is 915 g/mol. The molecule has 4 fully saturated rings. The van der Waals surface area contributed by atoms with Crippen LogP contribution in [-0.4, -0.2) is 95.9 Å². The van der Waals surface area contributed by atoms with E-state index in [1.165, 1.54) is 35.6 Å². The van der Waals surface area contributed by atoms with E-state index in [1.807, 2.05) is 25.3 Å². The number of piperidine rings is 1. The lowest BCUT2D eigenvalue weighted by Crippen LogP contribution is -2.57. The Morgan fingerprint density at radius 3 is 2.53 bits per heavy atom. The van der Waals surface area contributed by atoms with Crippen LogP contribution in [-0.2, 0) is 35.3 Å². The number of phenols is 1. The topological polar surface area (TPSA) is 198 Å². The van der Waals surface area contributed by atoms with Crippen molar-refractivity contribution >= 4 is 17.1 Å². The van der Waals surface area contributed by atoms with Crippen molar-refractivity contribution in [2.75, 3.05) is 39.6 Å². The van der Waals surface area contributed by atoms with Crippen LogP contribution >= 0.6 is 0 Å². The van der Waals surface area contributed by atoms with Crippen LogP contribution in [0.5, 0.6) is 11.5 Å². The maximum atomic E-state index is 14.1. The zero-order valence-corrected chi connectivity index (χ0v) is 43.0. The maximum absolute atomic E-state index is 14.1. The van der Waals surface area contributed by atoms with Crippen LogP contribution in [0.2, 0.25) is 0 Å². The fraction of sp³-hybridized carbons (Fsp3) is 0.541. The summed E-state index contributed by atoms with van der Waals surface area (Å²) in [5, 5.41) is 56.6. The number of ether oxygens (including phenoxy) is 1. The van der Waals surface area contributed by atoms with Crippen LogP contribution in [0.3, 0.4) is 0 Å². The van der Waals surface area contributed by atoms with Crippen molar-refractivity contribution in [2.45, 2.75) is 128 Å². The summed E-state index contributed by atoms with van der Waals surface area (Å²) < 4.78 is 5.39. The number of Topliss-reactive ketones (excluding diaryl/α,β-unsaturated/α-hetero) is 1. The van der Waals surface area contributed by atoms with E-state index in [0.717, 1.165) is 95.0 Å². The zero-order valence-electron chi connectivity index (χ0n) is 43.0. The average Bonchev–Trinajstić information content (AvgIpc) is 3.75. The maximum Gasteiger partial charge on any atom is 0.186 e. The van der Waals surface area contributed by atoms with E-state index < -0.39 is 19.5 Å². The van der Waals surface area contributed by atoms with Gasteiger partial charge in [0, 0.05) is 37.8 Å². The van der Waals surface area contributed by atoms with E-state index in [0.29, 0.717) is 77.8 Å². The van der Waals surface area contributed by atoms with E-state index in [-0.39, 0.29) is 47.0 Å². The van der Waals surface area contributed by atoms with E-state index in [9.17, 15) is 30.0 Å². The van der Waals surface area contributed by atoms with Crippen molar-refractivity contribution in [2.24, 2.45) is 46.7 Å². The number of nitrogens with one attached hydrogen (secondary N) is 4. The molecule has 6 aliphatic rings. The number of dihydropyridines is 1. The minimum absolute atomic E-state index is 0.0136. The molecule has 3 aliphatic carbocycles. The van der Waals surface area contributed by atoms with E-state index in [4.69, 9.17) is 10.5 Å². The molecule has 3 aromatic carbocycles. The van der Waals surface area contributed by atoms with E-state index >= 15 is 0 Å². The number of hydrogen-bond acceptors (Lipinski definition) is 12. The van der Waals surface area contributed by atoms with Gasteiger partial charge < -0.3 is 52.2 Å². The molecule has 11 atom stereocenters. The highest BCUT2D eigenvalue weighted by molar-refractivity contribution is 6.07. The zero-order chi connectivity index (χ0) is 50.9. The van der Waals surface area contributed by atoms with Crippen molar-refractivity contribution in [3.05, 3.63) is 136 Å². The molecule has 3 aliphatic heterocycles. The number of allylic oxidation sites excluding steroid dienone is 3. The number of aryl methyl sites for hydroxylation is 3. The first-order chi connectivity index (χ1) is 35.4. The number of aliphatic hydroxyl groups is 3. The first-order valence-corrected chi connectivity index (χ1v) is 27.5. The second-order valence-electron chi connectivity index (χ2n) is 22.6. The Morgan fingerprint density at radius 2 is 1.74 bits per heavy atom. The number of rotatable bonds is 22. The summed E-state index contributed by atoms with van der Waals surface area (Å²) in [5.74, 6) is 2.53. The lowest BCUT2D eigenvalue weighted by Gasteiger charge is -2.54. The second-order valence-corrected chi connectivity index (χ2v) is 22.6. The predicted molar refractivity (Wildman–Crippen MR) is 287 cm³/mol. The molecule has 10 N–H and O–H groups in total. The molecule has 392 valence electrons. The van der Waals surface area contributed by atoms with Crippen molar-refractivity contribution < 1.29 is 34.8 Å². The van der Waals surface area contributed by atoms with E-state index in [1.54, 1.807) is 12.1 Å².